The summed E-state index contributed by atoms with van der Waals surface area (Å²) < 4.78 is 0. The van der Waals surface area contributed by atoms with E-state index in [1.165, 1.54) is 0 Å². The van der Waals surface area contributed by atoms with Crippen LogP contribution in [-0.2, 0) is 17.9 Å². The Labute approximate surface area is 205 Å². The molecule has 7 heteroatoms. The zero-order valence-corrected chi connectivity index (χ0v) is 20.0. The number of nitrogens with zero attached hydrogens (tertiary/aromatic N) is 1. The number of amides is 3. The van der Waals surface area contributed by atoms with Gasteiger partial charge in [0.1, 0.15) is 6.04 Å². The highest BCUT2D eigenvalue weighted by atomic mass is 16.2. The quantitative estimate of drug-likeness (QED) is 0.484. The van der Waals surface area contributed by atoms with E-state index in [9.17, 15) is 14.4 Å². The Bertz CT molecular complexity index is 1240. The third-order valence-corrected chi connectivity index (χ3v) is 6.43. The van der Waals surface area contributed by atoms with Gasteiger partial charge in [0.2, 0.25) is 5.91 Å². The Morgan fingerprint density at radius 3 is 2.46 bits per heavy atom. The molecule has 1 aliphatic heterocycles. The second-order valence-electron chi connectivity index (χ2n) is 8.80. The fourth-order valence-corrected chi connectivity index (χ4v) is 4.30. The lowest BCUT2D eigenvalue weighted by atomic mass is 9.92. The molecular weight excluding hydrogens is 440 g/mol. The number of benzene rings is 3. The second kappa shape index (κ2) is 10.5. The maximum Gasteiger partial charge on any atom is 0.259 e. The van der Waals surface area contributed by atoms with Gasteiger partial charge in [-0.3, -0.25) is 19.3 Å². The molecule has 3 aromatic rings. The van der Waals surface area contributed by atoms with Gasteiger partial charge in [0.15, 0.2) is 0 Å². The Morgan fingerprint density at radius 1 is 1.00 bits per heavy atom. The van der Waals surface area contributed by atoms with Gasteiger partial charge in [-0.1, -0.05) is 62.7 Å². The first-order valence-electron chi connectivity index (χ1n) is 11.8. The number of hydrogen-bond acceptors (Lipinski definition) is 4. The van der Waals surface area contributed by atoms with E-state index in [-0.39, 0.29) is 23.6 Å². The standard InChI is InChI=1S/C28H30N4O3/c1-3-18(2)25-27(34)31-23-15-22(26(33)30-17-20-9-7-8-19(14-20)16-29)12-13-24(23)32(25)28(35)21-10-5-4-6-11-21/h4-15,18,25H,3,16-17,29H2,1-2H3,(H,30,33)(H,31,34). The Morgan fingerprint density at radius 2 is 1.74 bits per heavy atom. The van der Waals surface area contributed by atoms with Crippen LogP contribution in [0.1, 0.15) is 52.1 Å². The molecule has 3 amide bonds. The number of hydrogen-bond donors (Lipinski definition) is 3. The highest BCUT2D eigenvalue weighted by Crippen LogP contribution is 2.37. The number of nitrogens with two attached hydrogens (primary N) is 1. The summed E-state index contributed by atoms with van der Waals surface area (Å²) in [5.74, 6) is -0.829. The first-order chi connectivity index (χ1) is 16.9. The summed E-state index contributed by atoms with van der Waals surface area (Å²) in [6, 6.07) is 21.0. The van der Waals surface area contributed by atoms with Crippen molar-refractivity contribution < 1.29 is 14.4 Å². The normalized spacial score (nSPS) is 15.7. The predicted molar refractivity (Wildman–Crippen MR) is 137 cm³/mol. The lowest BCUT2D eigenvalue weighted by Crippen LogP contribution is -2.54. The van der Waals surface area contributed by atoms with Crippen LogP contribution >= 0.6 is 0 Å². The maximum atomic E-state index is 13.5. The van der Waals surface area contributed by atoms with Crippen LogP contribution < -0.4 is 21.3 Å². The Kier molecular flexibility index (Phi) is 7.27. The van der Waals surface area contributed by atoms with E-state index in [0.717, 1.165) is 17.5 Å². The number of carbonyl (C=O) groups excluding carboxylic acids is 3. The van der Waals surface area contributed by atoms with Gasteiger partial charge in [0.05, 0.1) is 11.4 Å². The van der Waals surface area contributed by atoms with Crippen molar-refractivity contribution in [3.8, 4) is 0 Å². The molecule has 7 nitrogen and oxygen atoms in total. The van der Waals surface area contributed by atoms with E-state index in [1.54, 1.807) is 47.4 Å². The molecule has 0 saturated heterocycles. The molecule has 0 spiro atoms. The molecule has 0 saturated carbocycles. The number of fused-ring (bicyclic) bond motifs is 1. The molecule has 35 heavy (non-hydrogen) atoms. The molecular formula is C28H30N4O3. The fraction of sp³-hybridized carbons (Fsp3) is 0.250. The Hall–Kier alpha value is -3.97. The van der Waals surface area contributed by atoms with Crippen molar-refractivity contribution in [2.45, 2.75) is 39.4 Å². The summed E-state index contributed by atoms with van der Waals surface area (Å²) in [5, 5.41) is 5.83. The summed E-state index contributed by atoms with van der Waals surface area (Å²) in [6.45, 7) is 4.74. The van der Waals surface area contributed by atoms with Crippen LogP contribution in [0, 0.1) is 5.92 Å². The first-order valence-corrected chi connectivity index (χ1v) is 11.8. The van der Waals surface area contributed by atoms with Crippen LogP contribution in [0.15, 0.2) is 72.8 Å². The summed E-state index contributed by atoms with van der Waals surface area (Å²) >= 11 is 0. The first kappa shape index (κ1) is 24.2. The molecule has 3 aromatic carbocycles. The average Bonchev–Trinajstić information content (AvgIpc) is 2.90. The van der Waals surface area contributed by atoms with Crippen molar-refractivity contribution in [1.82, 2.24) is 5.32 Å². The molecule has 180 valence electrons. The van der Waals surface area contributed by atoms with E-state index in [4.69, 9.17) is 5.73 Å². The number of nitrogens with one attached hydrogen (secondary N) is 2. The van der Waals surface area contributed by atoms with E-state index in [2.05, 4.69) is 10.6 Å². The van der Waals surface area contributed by atoms with Gasteiger partial charge in [-0.2, -0.15) is 0 Å². The van der Waals surface area contributed by atoms with Gasteiger partial charge < -0.3 is 16.4 Å². The minimum atomic E-state index is -0.644. The lowest BCUT2D eigenvalue weighted by Gasteiger charge is -2.39. The van der Waals surface area contributed by atoms with Gasteiger partial charge in [-0.05, 0) is 47.4 Å². The molecule has 0 radical (unpaired) electrons. The summed E-state index contributed by atoms with van der Waals surface area (Å²) in [7, 11) is 0. The minimum Gasteiger partial charge on any atom is -0.348 e. The van der Waals surface area contributed by atoms with Gasteiger partial charge in [-0.15, -0.1) is 0 Å². The van der Waals surface area contributed by atoms with Crippen LogP contribution in [0.25, 0.3) is 0 Å². The summed E-state index contributed by atoms with van der Waals surface area (Å²) in [4.78, 5) is 41.1. The highest BCUT2D eigenvalue weighted by molar-refractivity contribution is 6.17. The van der Waals surface area contributed by atoms with Crippen molar-refractivity contribution in [3.63, 3.8) is 0 Å². The molecule has 4 rings (SSSR count). The zero-order chi connectivity index (χ0) is 24.9. The SMILES string of the molecule is CCC(C)C1C(=O)Nc2cc(C(=O)NCc3cccc(CN)c3)ccc2N1C(=O)c1ccccc1. The zero-order valence-electron chi connectivity index (χ0n) is 20.0. The average molecular weight is 471 g/mol. The predicted octanol–water partition coefficient (Wildman–Crippen LogP) is 4.09. The lowest BCUT2D eigenvalue weighted by molar-refractivity contribution is -0.118. The molecule has 1 heterocycles. The molecule has 0 bridgehead atoms. The smallest absolute Gasteiger partial charge is 0.259 e. The summed E-state index contributed by atoms with van der Waals surface area (Å²) in [5.41, 5.74) is 9.56. The molecule has 0 fully saturated rings. The van der Waals surface area contributed by atoms with E-state index >= 15 is 0 Å². The molecule has 2 atom stereocenters. The van der Waals surface area contributed by atoms with Crippen LogP contribution in [0.5, 0.6) is 0 Å². The largest absolute Gasteiger partial charge is 0.348 e. The van der Waals surface area contributed by atoms with Gasteiger partial charge >= 0.3 is 0 Å². The van der Waals surface area contributed by atoms with E-state index in [0.29, 0.717) is 35.6 Å². The molecule has 4 N–H and O–H groups in total. The second-order valence-corrected chi connectivity index (χ2v) is 8.80. The van der Waals surface area contributed by atoms with Crippen molar-refractivity contribution in [3.05, 3.63) is 95.1 Å². The van der Waals surface area contributed by atoms with Gasteiger partial charge in [0, 0.05) is 24.2 Å². The topological polar surface area (TPSA) is 105 Å². The molecule has 1 aliphatic rings. The molecule has 2 unspecified atom stereocenters. The van der Waals surface area contributed by atoms with Crippen LogP contribution in [0.2, 0.25) is 0 Å². The van der Waals surface area contributed by atoms with Crippen LogP contribution in [-0.4, -0.2) is 23.8 Å². The summed E-state index contributed by atoms with van der Waals surface area (Å²) in [6.07, 6.45) is 0.734. The van der Waals surface area contributed by atoms with Gasteiger partial charge in [-0.25, -0.2) is 0 Å². The number of anilines is 2. The minimum absolute atomic E-state index is 0.0527. The maximum absolute atomic E-state index is 13.5. The van der Waals surface area contributed by atoms with Crippen molar-refractivity contribution >= 4 is 29.1 Å². The molecule has 0 aliphatic carbocycles. The number of rotatable bonds is 7. The van der Waals surface area contributed by atoms with Crippen LogP contribution in [0.3, 0.4) is 0 Å². The third-order valence-electron chi connectivity index (χ3n) is 6.43. The van der Waals surface area contributed by atoms with E-state index in [1.807, 2.05) is 44.2 Å². The van der Waals surface area contributed by atoms with Crippen molar-refractivity contribution in [2.24, 2.45) is 11.7 Å². The number of carbonyl (C=O) groups is 3. The third kappa shape index (κ3) is 5.10. The van der Waals surface area contributed by atoms with E-state index < -0.39 is 6.04 Å². The monoisotopic (exact) mass is 470 g/mol. The highest BCUT2D eigenvalue weighted by Gasteiger charge is 2.40. The molecule has 0 aromatic heterocycles. The Balaban J connectivity index is 1.62. The fourth-order valence-electron chi connectivity index (χ4n) is 4.30. The van der Waals surface area contributed by atoms with Gasteiger partial charge in [0.25, 0.3) is 11.8 Å². The van der Waals surface area contributed by atoms with Crippen molar-refractivity contribution in [1.29, 1.82) is 0 Å². The van der Waals surface area contributed by atoms with Crippen molar-refractivity contribution in [2.75, 3.05) is 10.2 Å². The van der Waals surface area contributed by atoms with Crippen LogP contribution in [0.4, 0.5) is 11.4 Å².